The van der Waals surface area contributed by atoms with Gasteiger partial charge in [-0.25, -0.2) is 15.0 Å². The zero-order valence-electron chi connectivity index (χ0n) is 29.3. The van der Waals surface area contributed by atoms with Gasteiger partial charge in [0.15, 0.2) is 17.5 Å². The van der Waals surface area contributed by atoms with Gasteiger partial charge in [0.2, 0.25) is 0 Å². The lowest BCUT2D eigenvalue weighted by atomic mass is 9.84. The van der Waals surface area contributed by atoms with Crippen LogP contribution in [0.15, 0.2) is 174 Å². The van der Waals surface area contributed by atoms with Gasteiger partial charge in [-0.2, -0.15) is 0 Å². The highest BCUT2D eigenvalue weighted by molar-refractivity contribution is 6.15. The number of hydrogen-bond acceptors (Lipinski definition) is 5. The number of benzene rings is 6. The fraction of sp³-hybridized carbons (Fsp3) is 0.0816. The lowest BCUT2D eigenvalue weighted by molar-refractivity contribution is 0.271. The summed E-state index contributed by atoms with van der Waals surface area (Å²) < 4.78 is 13.1. The van der Waals surface area contributed by atoms with Gasteiger partial charge in [-0.3, -0.25) is 0 Å². The third kappa shape index (κ3) is 4.96. The van der Waals surface area contributed by atoms with Gasteiger partial charge in [0, 0.05) is 44.5 Å². The van der Waals surface area contributed by atoms with Crippen LogP contribution in [0.2, 0.25) is 0 Å². The summed E-state index contributed by atoms with van der Waals surface area (Å²) in [4.78, 5) is 15.8. The summed E-state index contributed by atoms with van der Waals surface area (Å²) in [6, 6.07) is 46.4. The number of fused-ring (bicyclic) bond motifs is 7. The van der Waals surface area contributed by atoms with Crippen LogP contribution in [0.25, 0.3) is 66.4 Å². The van der Waals surface area contributed by atoms with E-state index in [1.54, 1.807) is 0 Å². The van der Waals surface area contributed by atoms with E-state index in [0.717, 1.165) is 67.5 Å². The molecular weight excluding hydrogens is 663 g/mol. The van der Waals surface area contributed by atoms with Crippen LogP contribution in [0.1, 0.15) is 41.0 Å². The molecule has 6 aromatic carbocycles. The van der Waals surface area contributed by atoms with E-state index in [4.69, 9.17) is 24.1 Å². The fourth-order valence-corrected chi connectivity index (χ4v) is 8.54. The quantitative estimate of drug-likeness (QED) is 0.179. The summed E-state index contributed by atoms with van der Waals surface area (Å²) in [5.74, 6) is 3.04. The van der Waals surface area contributed by atoms with Crippen molar-refractivity contribution < 1.29 is 9.15 Å². The van der Waals surface area contributed by atoms with Crippen molar-refractivity contribution in [3.63, 3.8) is 0 Å². The molecule has 0 radical (unpaired) electrons. The van der Waals surface area contributed by atoms with Gasteiger partial charge in [0.05, 0.1) is 5.92 Å². The number of aromatic nitrogens is 3. The lowest BCUT2D eigenvalue weighted by Gasteiger charge is -2.22. The number of furan rings is 1. The second-order valence-electron chi connectivity index (χ2n) is 14.2. The van der Waals surface area contributed by atoms with Crippen LogP contribution in [-0.4, -0.2) is 21.1 Å². The molecule has 3 unspecified atom stereocenters. The molecule has 0 fully saturated rings. The van der Waals surface area contributed by atoms with Crippen molar-refractivity contribution in [2.45, 2.75) is 24.4 Å². The first-order valence-electron chi connectivity index (χ1n) is 18.5. The maximum Gasteiger partial charge on any atom is 0.164 e. The van der Waals surface area contributed by atoms with Crippen molar-refractivity contribution in [3.8, 4) is 28.3 Å². The molecule has 0 saturated carbocycles. The van der Waals surface area contributed by atoms with Crippen LogP contribution < -0.4 is 4.74 Å². The van der Waals surface area contributed by atoms with Crippen LogP contribution in [0.5, 0.6) is 5.75 Å². The Morgan fingerprint density at radius 3 is 2.26 bits per heavy atom. The summed E-state index contributed by atoms with van der Waals surface area (Å²) >= 11 is 0. The third-order valence-corrected chi connectivity index (χ3v) is 11.1. The molecule has 5 heteroatoms. The number of ether oxygens (including phenoxy) is 1. The zero-order valence-corrected chi connectivity index (χ0v) is 29.3. The maximum atomic E-state index is 6.64. The van der Waals surface area contributed by atoms with E-state index in [2.05, 4.69) is 140 Å². The highest BCUT2D eigenvalue weighted by Crippen LogP contribution is 2.48. The van der Waals surface area contributed by atoms with Crippen LogP contribution in [-0.2, 0) is 0 Å². The van der Waals surface area contributed by atoms with Gasteiger partial charge < -0.3 is 9.15 Å². The largest absolute Gasteiger partial charge is 0.485 e. The van der Waals surface area contributed by atoms with E-state index in [1.165, 1.54) is 16.3 Å². The highest BCUT2D eigenvalue weighted by Gasteiger charge is 2.38. The molecule has 3 aliphatic rings. The molecule has 0 N–H and O–H groups in total. The van der Waals surface area contributed by atoms with Crippen molar-refractivity contribution in [2.75, 3.05) is 0 Å². The summed E-state index contributed by atoms with van der Waals surface area (Å²) in [6.07, 6.45) is 13.8. The Morgan fingerprint density at radius 2 is 1.33 bits per heavy atom. The minimum absolute atomic E-state index is 0.0279. The van der Waals surface area contributed by atoms with Gasteiger partial charge in [-0.1, -0.05) is 152 Å². The molecule has 0 bridgehead atoms. The monoisotopic (exact) mass is 695 g/mol. The van der Waals surface area contributed by atoms with Crippen molar-refractivity contribution in [3.05, 3.63) is 193 Å². The molecule has 2 aromatic heterocycles. The number of nitrogens with zero attached hydrogens (tertiary/aromatic N) is 3. The predicted octanol–water partition coefficient (Wildman–Crippen LogP) is 11.9. The minimum Gasteiger partial charge on any atom is -0.485 e. The topological polar surface area (TPSA) is 61.0 Å². The fourth-order valence-electron chi connectivity index (χ4n) is 8.54. The van der Waals surface area contributed by atoms with Gasteiger partial charge >= 0.3 is 0 Å². The smallest absolute Gasteiger partial charge is 0.164 e. The van der Waals surface area contributed by atoms with Crippen molar-refractivity contribution >= 4 is 43.9 Å². The Bertz CT molecular complexity index is 2910. The van der Waals surface area contributed by atoms with Crippen LogP contribution in [0, 0.1) is 0 Å². The lowest BCUT2D eigenvalue weighted by Crippen LogP contribution is -2.21. The van der Waals surface area contributed by atoms with E-state index in [-0.39, 0.29) is 17.9 Å². The maximum absolute atomic E-state index is 6.64. The number of para-hydroxylation sites is 2. The standard InChI is InChI=1S/C49H33N3O2/c1-2-12-31(13-3-1)36-19-9-20-38-45-40(22-11-25-43(45)54-46(36)38)49-51-47(33-28-26-32(27-29-33)35-18-8-15-30-14-4-5-16-34(30)35)50-48(52-49)39-21-10-24-42-44(39)37-17-6-7-23-41(37)53-42/h1-26,28-29,32,42,44H,27H2. The van der Waals surface area contributed by atoms with Crippen LogP contribution >= 0.6 is 0 Å². The molecule has 54 heavy (non-hydrogen) atoms. The van der Waals surface area contributed by atoms with Gasteiger partial charge in [0.25, 0.3) is 0 Å². The predicted molar refractivity (Wildman–Crippen MR) is 217 cm³/mol. The molecule has 11 rings (SSSR count). The first kappa shape index (κ1) is 30.7. The van der Waals surface area contributed by atoms with Gasteiger partial charge in [0.1, 0.15) is 23.0 Å². The van der Waals surface area contributed by atoms with Crippen molar-refractivity contribution in [1.82, 2.24) is 15.0 Å². The van der Waals surface area contributed by atoms with Crippen molar-refractivity contribution in [2.24, 2.45) is 0 Å². The second kappa shape index (κ2) is 12.4. The average molecular weight is 696 g/mol. The first-order chi connectivity index (χ1) is 26.8. The zero-order chi connectivity index (χ0) is 35.6. The molecule has 5 nitrogen and oxygen atoms in total. The van der Waals surface area contributed by atoms with E-state index < -0.39 is 0 Å². The molecular formula is C49H33N3O2. The summed E-state index contributed by atoms with van der Waals surface area (Å²) in [5, 5.41) is 4.56. The molecule has 3 heterocycles. The average Bonchev–Trinajstić information content (AvgIpc) is 3.83. The summed E-state index contributed by atoms with van der Waals surface area (Å²) in [6.45, 7) is 0. The first-order valence-corrected chi connectivity index (χ1v) is 18.5. The minimum atomic E-state index is -0.126. The van der Waals surface area contributed by atoms with E-state index in [9.17, 15) is 0 Å². The van der Waals surface area contributed by atoms with E-state index in [1.807, 2.05) is 30.3 Å². The Kier molecular flexibility index (Phi) is 7.05. The SMILES string of the molecule is C1=CC2Oc3ccccc3C2C(c2nc(C3=CCC(c4cccc5ccccc45)C=C3)nc(-c3cccc4oc5c(-c6ccccc6)cccc5c34)n2)=C1. The Labute approximate surface area is 312 Å². The molecule has 3 atom stereocenters. The Balaban J connectivity index is 1.07. The molecule has 0 amide bonds. The molecule has 2 aliphatic carbocycles. The molecule has 1 aliphatic heterocycles. The molecule has 0 spiro atoms. The van der Waals surface area contributed by atoms with Gasteiger partial charge in [-0.15, -0.1) is 0 Å². The normalized spacial score (nSPS) is 18.7. The number of allylic oxidation sites excluding steroid dienone is 6. The number of rotatable bonds is 5. The molecule has 0 saturated heterocycles. The summed E-state index contributed by atoms with van der Waals surface area (Å²) in [5.41, 5.74) is 9.18. The second-order valence-corrected chi connectivity index (χ2v) is 14.2. The van der Waals surface area contributed by atoms with Crippen LogP contribution in [0.3, 0.4) is 0 Å². The molecule has 8 aromatic rings. The number of hydrogen-bond donors (Lipinski definition) is 0. The summed E-state index contributed by atoms with van der Waals surface area (Å²) in [7, 11) is 0. The van der Waals surface area contributed by atoms with E-state index >= 15 is 0 Å². The van der Waals surface area contributed by atoms with Crippen molar-refractivity contribution in [1.29, 1.82) is 0 Å². The Hall–Kier alpha value is -6.85. The third-order valence-electron chi connectivity index (χ3n) is 11.1. The Morgan fingerprint density at radius 1 is 0.593 bits per heavy atom. The van der Waals surface area contributed by atoms with Crippen LogP contribution in [0.4, 0.5) is 0 Å². The van der Waals surface area contributed by atoms with Gasteiger partial charge in [-0.05, 0) is 46.5 Å². The van der Waals surface area contributed by atoms with E-state index in [0.29, 0.717) is 17.5 Å². The highest BCUT2D eigenvalue weighted by atomic mass is 16.5. The molecule has 256 valence electrons.